The minimum atomic E-state index is -1.36. The van der Waals surface area contributed by atoms with Gasteiger partial charge in [-0.25, -0.2) is 14.2 Å². The summed E-state index contributed by atoms with van der Waals surface area (Å²) in [4.78, 5) is 21.1. The first-order valence-electron chi connectivity index (χ1n) is 13.5. The van der Waals surface area contributed by atoms with Gasteiger partial charge in [-0.3, -0.25) is 4.98 Å². The second-order valence-corrected chi connectivity index (χ2v) is 11.0. The van der Waals surface area contributed by atoms with Gasteiger partial charge in [0.25, 0.3) is 5.79 Å². The SMILES string of the molecule is CC1(c2ccc(Cl)cc2F)Oc2cccc(-c3ccc(Cc4nc5ccc(C(=O)O)cc5n4CC4CCO4)nc3)c2O1. The number of ether oxygens (including phenoxy) is 3. The van der Waals surface area contributed by atoms with Gasteiger partial charge in [-0.15, -0.1) is 0 Å². The lowest BCUT2D eigenvalue weighted by Gasteiger charge is -2.27. The number of para-hydroxylation sites is 1. The number of benzene rings is 3. The molecule has 0 bridgehead atoms. The zero-order valence-corrected chi connectivity index (χ0v) is 23.3. The molecular weight excluding hydrogens is 561 g/mol. The molecule has 2 aliphatic heterocycles. The van der Waals surface area contributed by atoms with Gasteiger partial charge >= 0.3 is 5.97 Å². The van der Waals surface area contributed by atoms with E-state index in [1.165, 1.54) is 6.07 Å². The third kappa shape index (κ3) is 4.64. The van der Waals surface area contributed by atoms with Crippen LogP contribution in [-0.2, 0) is 23.5 Å². The van der Waals surface area contributed by atoms with Crippen molar-refractivity contribution < 1.29 is 28.5 Å². The third-order valence-corrected chi connectivity index (χ3v) is 7.96. The van der Waals surface area contributed by atoms with Gasteiger partial charge in [0.2, 0.25) is 0 Å². The molecule has 5 aromatic rings. The molecule has 2 aliphatic rings. The second kappa shape index (κ2) is 10.1. The molecule has 0 saturated carbocycles. The molecule has 2 unspecified atom stereocenters. The molecule has 0 aliphatic carbocycles. The van der Waals surface area contributed by atoms with Gasteiger partial charge < -0.3 is 23.9 Å². The molecule has 0 amide bonds. The number of hydrogen-bond acceptors (Lipinski definition) is 6. The molecule has 42 heavy (non-hydrogen) atoms. The first kappa shape index (κ1) is 26.4. The Morgan fingerprint density at radius 3 is 2.71 bits per heavy atom. The minimum absolute atomic E-state index is 0.0689. The summed E-state index contributed by atoms with van der Waals surface area (Å²) < 4.78 is 34.8. The molecule has 1 N–H and O–H groups in total. The Kier molecular flexibility index (Phi) is 6.36. The van der Waals surface area contributed by atoms with Gasteiger partial charge in [-0.2, -0.15) is 0 Å². The Hall–Kier alpha value is -4.47. The van der Waals surface area contributed by atoms with E-state index in [-0.39, 0.29) is 17.2 Å². The molecule has 212 valence electrons. The number of nitrogens with zero attached hydrogens (tertiary/aromatic N) is 3. The van der Waals surface area contributed by atoms with Crippen LogP contribution in [0.5, 0.6) is 11.5 Å². The summed E-state index contributed by atoms with van der Waals surface area (Å²) in [5.41, 5.74) is 4.30. The lowest BCUT2D eigenvalue weighted by atomic mass is 10.1. The number of pyridine rings is 1. The van der Waals surface area contributed by atoms with Gasteiger partial charge in [0.05, 0.1) is 34.8 Å². The number of carboxylic acid groups (broad SMARTS) is 1. The lowest BCUT2D eigenvalue weighted by Crippen LogP contribution is -2.32. The smallest absolute Gasteiger partial charge is 0.335 e. The third-order valence-electron chi connectivity index (χ3n) is 7.73. The maximum absolute atomic E-state index is 14.8. The average molecular weight is 586 g/mol. The summed E-state index contributed by atoms with van der Waals surface area (Å²) in [6, 6.07) is 18.8. The Balaban J connectivity index is 1.17. The second-order valence-electron chi connectivity index (χ2n) is 10.6. The Morgan fingerprint density at radius 2 is 2.00 bits per heavy atom. The fraction of sp³-hybridized carbons (Fsp3) is 0.219. The van der Waals surface area contributed by atoms with Crippen LogP contribution in [-0.4, -0.2) is 38.3 Å². The van der Waals surface area contributed by atoms with Crippen LogP contribution in [0.15, 0.2) is 72.9 Å². The largest absolute Gasteiger partial charge is 0.478 e. The van der Waals surface area contributed by atoms with E-state index in [4.69, 9.17) is 35.8 Å². The lowest BCUT2D eigenvalue weighted by molar-refractivity contribution is -0.0705. The highest BCUT2D eigenvalue weighted by molar-refractivity contribution is 6.30. The highest BCUT2D eigenvalue weighted by Crippen LogP contribution is 2.49. The highest BCUT2D eigenvalue weighted by atomic mass is 35.5. The Labute approximate surface area is 245 Å². The zero-order chi connectivity index (χ0) is 29.0. The summed E-state index contributed by atoms with van der Waals surface area (Å²) in [7, 11) is 0. The predicted octanol–water partition coefficient (Wildman–Crippen LogP) is 6.61. The summed E-state index contributed by atoms with van der Waals surface area (Å²) in [6.07, 6.45) is 3.23. The number of fused-ring (bicyclic) bond motifs is 2. The van der Waals surface area contributed by atoms with Crippen LogP contribution in [0.25, 0.3) is 22.2 Å². The van der Waals surface area contributed by atoms with Crippen LogP contribution in [0.2, 0.25) is 5.02 Å². The molecular formula is C32H25ClFN3O5. The number of aromatic carboxylic acids is 1. The van der Waals surface area contributed by atoms with Crippen molar-refractivity contribution >= 4 is 28.6 Å². The number of carbonyl (C=O) groups is 1. The molecule has 0 spiro atoms. The van der Waals surface area contributed by atoms with E-state index in [0.29, 0.717) is 29.5 Å². The molecule has 4 heterocycles. The van der Waals surface area contributed by atoms with E-state index in [0.717, 1.165) is 46.7 Å². The fourth-order valence-electron chi connectivity index (χ4n) is 5.45. The molecule has 0 radical (unpaired) electrons. The zero-order valence-electron chi connectivity index (χ0n) is 22.5. The van der Waals surface area contributed by atoms with E-state index in [9.17, 15) is 14.3 Å². The van der Waals surface area contributed by atoms with Crippen molar-refractivity contribution in [3.05, 3.63) is 106 Å². The molecule has 7 rings (SSSR count). The van der Waals surface area contributed by atoms with E-state index in [1.807, 2.05) is 28.8 Å². The van der Waals surface area contributed by atoms with E-state index < -0.39 is 17.6 Å². The molecule has 8 nitrogen and oxygen atoms in total. The minimum Gasteiger partial charge on any atom is -0.478 e. The molecule has 2 atom stereocenters. The van der Waals surface area contributed by atoms with Gasteiger partial charge in [0, 0.05) is 48.0 Å². The van der Waals surface area contributed by atoms with Crippen molar-refractivity contribution in [2.75, 3.05) is 6.61 Å². The van der Waals surface area contributed by atoms with Crippen LogP contribution in [0.3, 0.4) is 0 Å². The van der Waals surface area contributed by atoms with Crippen LogP contribution in [0.4, 0.5) is 4.39 Å². The van der Waals surface area contributed by atoms with E-state index >= 15 is 0 Å². The normalized spacial score (nSPS) is 19.2. The first-order chi connectivity index (χ1) is 20.3. The van der Waals surface area contributed by atoms with Crippen molar-refractivity contribution in [2.45, 2.75) is 38.2 Å². The summed E-state index contributed by atoms with van der Waals surface area (Å²) in [6.45, 7) is 2.99. The molecule has 10 heteroatoms. The topological polar surface area (TPSA) is 95.7 Å². The van der Waals surface area contributed by atoms with E-state index in [1.54, 1.807) is 49.5 Å². The number of carboxylic acids is 1. The average Bonchev–Trinajstić information content (AvgIpc) is 3.47. The summed E-state index contributed by atoms with van der Waals surface area (Å²) >= 11 is 5.94. The number of aromatic nitrogens is 3. The standard InChI is InChI=1S/C32H25ClFN3O5/c1-32(24-9-7-20(33)14-25(24)34)41-28-4-2-3-23(30(28)42-32)19-5-8-21(35-16-19)15-29-36-26-10-6-18(31(38)39)13-27(26)37(29)17-22-11-12-40-22/h2-10,13-14,16,22H,11-12,15,17H2,1H3,(H,38,39). The van der Waals surface area contributed by atoms with Crippen LogP contribution in [0, 0.1) is 5.82 Å². The van der Waals surface area contributed by atoms with Crippen LogP contribution in [0.1, 0.15) is 40.8 Å². The molecule has 2 aromatic heterocycles. The number of rotatable bonds is 7. The van der Waals surface area contributed by atoms with Gasteiger partial charge in [-0.1, -0.05) is 29.8 Å². The van der Waals surface area contributed by atoms with Crippen molar-refractivity contribution in [3.8, 4) is 22.6 Å². The number of hydrogen-bond donors (Lipinski definition) is 1. The number of halogens is 2. The van der Waals surface area contributed by atoms with Crippen molar-refractivity contribution in [2.24, 2.45) is 0 Å². The molecule has 3 aromatic carbocycles. The quantitative estimate of drug-likeness (QED) is 0.229. The monoisotopic (exact) mass is 585 g/mol. The van der Waals surface area contributed by atoms with Gasteiger partial charge in [-0.05, 0) is 55.0 Å². The van der Waals surface area contributed by atoms with Crippen LogP contribution < -0.4 is 9.47 Å². The van der Waals surface area contributed by atoms with Crippen molar-refractivity contribution in [3.63, 3.8) is 0 Å². The van der Waals surface area contributed by atoms with Crippen molar-refractivity contribution in [1.82, 2.24) is 14.5 Å². The first-order valence-corrected chi connectivity index (χ1v) is 13.9. The van der Waals surface area contributed by atoms with Gasteiger partial charge in [0.15, 0.2) is 11.5 Å². The van der Waals surface area contributed by atoms with Gasteiger partial charge in [0.1, 0.15) is 11.6 Å². The van der Waals surface area contributed by atoms with Crippen LogP contribution >= 0.6 is 11.6 Å². The Bertz CT molecular complexity index is 1850. The fourth-order valence-corrected chi connectivity index (χ4v) is 5.61. The van der Waals surface area contributed by atoms with E-state index in [2.05, 4.69) is 0 Å². The molecule has 1 saturated heterocycles. The summed E-state index contributed by atoms with van der Waals surface area (Å²) in [5, 5.41) is 9.79. The maximum Gasteiger partial charge on any atom is 0.335 e. The molecule has 1 fully saturated rings. The summed E-state index contributed by atoms with van der Waals surface area (Å²) in [5.74, 6) is -1.07. The predicted molar refractivity (Wildman–Crippen MR) is 154 cm³/mol. The maximum atomic E-state index is 14.8. The highest BCUT2D eigenvalue weighted by Gasteiger charge is 2.42. The number of imidazole rings is 1. The Morgan fingerprint density at radius 1 is 1.14 bits per heavy atom. The van der Waals surface area contributed by atoms with Crippen molar-refractivity contribution in [1.29, 1.82) is 0 Å².